The van der Waals surface area contributed by atoms with Gasteiger partial charge in [-0.25, -0.2) is 13.4 Å². The highest BCUT2D eigenvalue weighted by molar-refractivity contribution is 7.92. The minimum absolute atomic E-state index is 0.0700. The van der Waals surface area contributed by atoms with Crippen molar-refractivity contribution in [3.8, 4) is 11.6 Å². The quantitative estimate of drug-likeness (QED) is 0.770. The average Bonchev–Trinajstić information content (AvgIpc) is 3.05. The second-order valence-corrected chi connectivity index (χ2v) is 7.96. The topological polar surface area (TPSA) is 106 Å². The molecule has 1 N–H and O–H groups in total. The van der Waals surface area contributed by atoms with E-state index in [0.717, 1.165) is 0 Å². The SMILES string of the molecule is COc1ccc(S(=O)(=O)N2CC(CCC(=O)O)c3nc(OC)ccc32)cc1. The highest BCUT2D eigenvalue weighted by atomic mass is 32.2. The number of carboxylic acid groups (broad SMARTS) is 1. The number of methoxy groups -OCH3 is 2. The molecule has 1 aliphatic heterocycles. The standard InChI is InChI=1S/C18H20N2O6S/c1-25-13-4-6-14(7-5-13)27(23,24)20-11-12(3-10-17(21)22)18-15(20)8-9-16(19-18)26-2/h4-9,12H,3,10-11H2,1-2H3,(H,21,22). The van der Waals surface area contributed by atoms with Gasteiger partial charge in [-0.2, -0.15) is 0 Å². The zero-order chi connectivity index (χ0) is 19.6. The van der Waals surface area contributed by atoms with Crippen molar-refractivity contribution in [2.75, 3.05) is 25.1 Å². The number of aliphatic carboxylic acids is 1. The van der Waals surface area contributed by atoms with Crippen LogP contribution >= 0.6 is 0 Å². The predicted octanol–water partition coefficient (Wildman–Crippen LogP) is 2.26. The Hall–Kier alpha value is -2.81. The molecule has 0 radical (unpaired) electrons. The maximum atomic E-state index is 13.1. The summed E-state index contributed by atoms with van der Waals surface area (Å²) in [6.07, 6.45) is 0.219. The van der Waals surface area contributed by atoms with Gasteiger partial charge in [0.15, 0.2) is 0 Å². The molecule has 1 aromatic heterocycles. The summed E-state index contributed by atoms with van der Waals surface area (Å²) in [7, 11) is -0.838. The lowest BCUT2D eigenvalue weighted by Gasteiger charge is -2.20. The van der Waals surface area contributed by atoms with Gasteiger partial charge in [-0.05, 0) is 36.8 Å². The van der Waals surface area contributed by atoms with Crippen LogP contribution in [0.4, 0.5) is 5.69 Å². The molecule has 0 saturated carbocycles. The van der Waals surface area contributed by atoms with Gasteiger partial charge in [-0.3, -0.25) is 9.10 Å². The first-order valence-electron chi connectivity index (χ1n) is 8.30. The van der Waals surface area contributed by atoms with Crippen molar-refractivity contribution in [2.24, 2.45) is 0 Å². The molecule has 0 spiro atoms. The Labute approximate surface area is 157 Å². The number of rotatable bonds is 7. The molecule has 2 aromatic rings. The molecule has 1 aromatic carbocycles. The lowest BCUT2D eigenvalue weighted by atomic mass is 10.0. The van der Waals surface area contributed by atoms with Gasteiger partial charge in [0.05, 0.1) is 30.5 Å². The van der Waals surface area contributed by atoms with Crippen LogP contribution in [0.15, 0.2) is 41.3 Å². The third-order valence-electron chi connectivity index (χ3n) is 4.48. The van der Waals surface area contributed by atoms with Crippen LogP contribution in [0, 0.1) is 0 Å². The first kappa shape index (κ1) is 19.0. The van der Waals surface area contributed by atoms with Crippen molar-refractivity contribution in [3.05, 3.63) is 42.1 Å². The fraction of sp³-hybridized carbons (Fsp3) is 0.333. The molecule has 2 heterocycles. The smallest absolute Gasteiger partial charge is 0.303 e. The zero-order valence-electron chi connectivity index (χ0n) is 15.0. The largest absolute Gasteiger partial charge is 0.497 e. The molecular formula is C18H20N2O6S. The number of nitrogens with zero attached hydrogens (tertiary/aromatic N) is 2. The first-order chi connectivity index (χ1) is 12.9. The molecule has 27 heavy (non-hydrogen) atoms. The van der Waals surface area contributed by atoms with Crippen molar-refractivity contribution in [1.29, 1.82) is 0 Å². The van der Waals surface area contributed by atoms with Gasteiger partial charge in [-0.15, -0.1) is 0 Å². The number of ether oxygens (including phenoxy) is 2. The molecule has 9 heteroatoms. The van der Waals surface area contributed by atoms with Gasteiger partial charge in [0.25, 0.3) is 10.0 Å². The molecule has 3 rings (SSSR count). The number of sulfonamides is 1. The Morgan fingerprint density at radius 3 is 2.48 bits per heavy atom. The fourth-order valence-corrected chi connectivity index (χ4v) is 4.61. The summed E-state index contributed by atoms with van der Waals surface area (Å²) in [4.78, 5) is 15.5. The number of aromatic nitrogens is 1. The Balaban J connectivity index is 1.99. The lowest BCUT2D eigenvalue weighted by Crippen LogP contribution is -2.30. The third kappa shape index (κ3) is 3.68. The Kier molecular flexibility index (Phi) is 5.22. The van der Waals surface area contributed by atoms with E-state index < -0.39 is 16.0 Å². The minimum atomic E-state index is -3.82. The molecule has 1 unspecified atom stereocenters. The van der Waals surface area contributed by atoms with Crippen molar-refractivity contribution in [1.82, 2.24) is 4.98 Å². The monoisotopic (exact) mass is 392 g/mol. The zero-order valence-corrected chi connectivity index (χ0v) is 15.8. The summed E-state index contributed by atoms with van der Waals surface area (Å²) in [5, 5.41) is 8.99. The van der Waals surface area contributed by atoms with Gasteiger partial charge in [0.2, 0.25) is 5.88 Å². The number of hydrogen-bond donors (Lipinski definition) is 1. The fourth-order valence-electron chi connectivity index (χ4n) is 3.09. The van der Waals surface area contributed by atoms with Gasteiger partial charge < -0.3 is 14.6 Å². The van der Waals surface area contributed by atoms with Crippen molar-refractivity contribution in [2.45, 2.75) is 23.7 Å². The molecule has 8 nitrogen and oxygen atoms in total. The van der Waals surface area contributed by atoms with E-state index in [4.69, 9.17) is 14.6 Å². The summed E-state index contributed by atoms with van der Waals surface area (Å²) < 4.78 is 37.8. The van der Waals surface area contributed by atoms with E-state index in [-0.39, 0.29) is 30.2 Å². The number of anilines is 1. The van der Waals surface area contributed by atoms with E-state index >= 15 is 0 Å². The Morgan fingerprint density at radius 2 is 1.89 bits per heavy atom. The maximum Gasteiger partial charge on any atom is 0.303 e. The Bertz CT molecular complexity index is 943. The number of benzene rings is 1. The van der Waals surface area contributed by atoms with Crippen LogP contribution in [0.2, 0.25) is 0 Å². The second-order valence-electron chi connectivity index (χ2n) is 6.10. The lowest BCUT2D eigenvalue weighted by molar-refractivity contribution is -0.137. The number of pyridine rings is 1. The van der Waals surface area contributed by atoms with Crippen LogP contribution in [0.1, 0.15) is 24.5 Å². The first-order valence-corrected chi connectivity index (χ1v) is 9.74. The number of hydrogen-bond acceptors (Lipinski definition) is 6. The van der Waals surface area contributed by atoms with Gasteiger partial charge in [0, 0.05) is 24.9 Å². The number of fused-ring (bicyclic) bond motifs is 1. The van der Waals surface area contributed by atoms with E-state index in [1.54, 1.807) is 24.3 Å². The van der Waals surface area contributed by atoms with Crippen molar-refractivity contribution in [3.63, 3.8) is 0 Å². The van der Waals surface area contributed by atoms with E-state index in [9.17, 15) is 13.2 Å². The summed E-state index contributed by atoms with van der Waals surface area (Å²) in [5.41, 5.74) is 0.981. The van der Waals surface area contributed by atoms with Gasteiger partial charge in [0.1, 0.15) is 5.75 Å². The molecule has 0 bridgehead atoms. The molecule has 1 aliphatic rings. The molecular weight excluding hydrogens is 372 g/mol. The van der Waals surface area contributed by atoms with E-state index in [0.29, 0.717) is 23.0 Å². The normalized spacial score (nSPS) is 16.1. The molecule has 0 fully saturated rings. The summed E-state index contributed by atoms with van der Waals surface area (Å²) in [6.45, 7) is 0.136. The van der Waals surface area contributed by atoms with Gasteiger partial charge in [-0.1, -0.05) is 0 Å². The van der Waals surface area contributed by atoms with Crippen LogP contribution < -0.4 is 13.8 Å². The molecule has 144 valence electrons. The summed E-state index contributed by atoms with van der Waals surface area (Å²) >= 11 is 0. The van der Waals surface area contributed by atoms with E-state index in [2.05, 4.69) is 4.98 Å². The summed E-state index contributed by atoms with van der Waals surface area (Å²) in [6, 6.07) is 9.36. The van der Waals surface area contributed by atoms with Gasteiger partial charge >= 0.3 is 5.97 Å². The van der Waals surface area contributed by atoms with Crippen molar-refractivity contribution >= 4 is 21.7 Å². The van der Waals surface area contributed by atoms with Crippen LogP contribution in [0.3, 0.4) is 0 Å². The van der Waals surface area contributed by atoms with E-state index in [1.165, 1.54) is 30.7 Å². The molecule has 0 saturated heterocycles. The minimum Gasteiger partial charge on any atom is -0.497 e. The Morgan fingerprint density at radius 1 is 1.19 bits per heavy atom. The third-order valence-corrected chi connectivity index (χ3v) is 6.28. The van der Waals surface area contributed by atoms with Crippen LogP contribution in [-0.4, -0.2) is 45.2 Å². The predicted molar refractivity (Wildman–Crippen MR) is 97.9 cm³/mol. The average molecular weight is 392 g/mol. The van der Waals surface area contributed by atoms with Crippen molar-refractivity contribution < 1.29 is 27.8 Å². The van der Waals surface area contributed by atoms with Crippen LogP contribution in [0.5, 0.6) is 11.6 Å². The van der Waals surface area contributed by atoms with Crippen LogP contribution in [-0.2, 0) is 14.8 Å². The molecule has 0 aliphatic carbocycles. The van der Waals surface area contributed by atoms with E-state index in [1.807, 2.05) is 0 Å². The van der Waals surface area contributed by atoms with Crippen LogP contribution in [0.25, 0.3) is 0 Å². The molecule has 1 atom stereocenters. The maximum absolute atomic E-state index is 13.1. The number of carboxylic acids is 1. The summed E-state index contributed by atoms with van der Waals surface area (Å²) in [5.74, 6) is -0.339. The molecule has 0 amide bonds. The number of carbonyl (C=O) groups is 1. The highest BCUT2D eigenvalue weighted by Crippen LogP contribution is 2.41. The second kappa shape index (κ2) is 7.43. The highest BCUT2D eigenvalue weighted by Gasteiger charge is 2.38.